The van der Waals surface area contributed by atoms with Crippen molar-refractivity contribution in [3.63, 3.8) is 0 Å². The Morgan fingerprint density at radius 1 is 1.33 bits per heavy atom. The van der Waals surface area contributed by atoms with Gasteiger partial charge in [-0.1, -0.05) is 24.6 Å². The van der Waals surface area contributed by atoms with Gasteiger partial charge >= 0.3 is 0 Å². The van der Waals surface area contributed by atoms with Crippen molar-refractivity contribution in [2.45, 2.75) is 32.2 Å². The number of methoxy groups -OCH3 is 1. The highest BCUT2D eigenvalue weighted by atomic mass is 16.5. The van der Waals surface area contributed by atoms with E-state index in [-0.39, 0.29) is 0 Å². The van der Waals surface area contributed by atoms with Gasteiger partial charge in [-0.25, -0.2) is 0 Å². The lowest BCUT2D eigenvalue weighted by Gasteiger charge is -2.25. The molecule has 82 valence electrons. The number of hydrogen-bond acceptors (Lipinski definition) is 2. The van der Waals surface area contributed by atoms with Crippen molar-refractivity contribution < 1.29 is 4.74 Å². The molecule has 2 rings (SSSR count). The van der Waals surface area contributed by atoms with E-state index in [4.69, 9.17) is 4.74 Å². The second-order valence-corrected chi connectivity index (χ2v) is 4.20. The van der Waals surface area contributed by atoms with E-state index in [1.165, 1.54) is 30.4 Å². The molecular formula is C13H19NO. The lowest BCUT2D eigenvalue weighted by molar-refractivity contribution is 0.372. The molecule has 1 N–H and O–H groups in total. The lowest BCUT2D eigenvalue weighted by atomic mass is 9.95. The number of aryl methyl sites for hydroxylation is 1. The van der Waals surface area contributed by atoms with Crippen LogP contribution in [-0.2, 0) is 0 Å². The monoisotopic (exact) mass is 205 g/mol. The van der Waals surface area contributed by atoms with Gasteiger partial charge in [-0.3, -0.25) is 0 Å². The fourth-order valence-electron chi connectivity index (χ4n) is 2.35. The minimum Gasteiger partial charge on any atom is -0.496 e. The van der Waals surface area contributed by atoms with Crippen LogP contribution in [0.25, 0.3) is 0 Å². The van der Waals surface area contributed by atoms with Crippen molar-refractivity contribution in [3.05, 3.63) is 29.3 Å². The summed E-state index contributed by atoms with van der Waals surface area (Å²) < 4.78 is 5.49. The van der Waals surface area contributed by atoms with Gasteiger partial charge in [0.15, 0.2) is 0 Å². The zero-order valence-corrected chi connectivity index (χ0v) is 9.55. The molecule has 15 heavy (non-hydrogen) atoms. The van der Waals surface area contributed by atoms with Gasteiger partial charge in [0.1, 0.15) is 5.75 Å². The molecule has 0 saturated carbocycles. The molecule has 1 heterocycles. The Morgan fingerprint density at radius 2 is 2.20 bits per heavy atom. The van der Waals surface area contributed by atoms with E-state index in [0.717, 1.165) is 12.3 Å². The van der Waals surface area contributed by atoms with E-state index in [1.54, 1.807) is 7.11 Å². The van der Waals surface area contributed by atoms with Crippen LogP contribution in [0.15, 0.2) is 18.2 Å². The third-order valence-electron chi connectivity index (χ3n) is 3.13. The topological polar surface area (TPSA) is 21.3 Å². The molecule has 1 fully saturated rings. The van der Waals surface area contributed by atoms with Crippen LogP contribution in [0.5, 0.6) is 5.75 Å². The number of ether oxygens (including phenoxy) is 1. The fraction of sp³-hybridized carbons (Fsp3) is 0.538. The van der Waals surface area contributed by atoms with Crippen molar-refractivity contribution in [2.24, 2.45) is 0 Å². The molecule has 2 heteroatoms. The molecule has 0 radical (unpaired) electrons. The largest absolute Gasteiger partial charge is 0.496 e. The van der Waals surface area contributed by atoms with E-state index in [9.17, 15) is 0 Å². The van der Waals surface area contributed by atoms with Gasteiger partial charge in [0, 0.05) is 11.6 Å². The number of rotatable bonds is 2. The first kappa shape index (κ1) is 10.5. The highest BCUT2D eigenvalue weighted by Gasteiger charge is 2.18. The minimum absolute atomic E-state index is 0.480. The van der Waals surface area contributed by atoms with Crippen molar-refractivity contribution in [3.8, 4) is 5.75 Å². The molecule has 2 nitrogen and oxygen atoms in total. The number of piperidine rings is 1. The van der Waals surface area contributed by atoms with Crippen LogP contribution in [-0.4, -0.2) is 13.7 Å². The average Bonchev–Trinajstić information content (AvgIpc) is 2.30. The summed E-state index contributed by atoms with van der Waals surface area (Å²) >= 11 is 0. The third kappa shape index (κ3) is 2.15. The predicted molar refractivity (Wildman–Crippen MR) is 62.3 cm³/mol. The molecule has 0 spiro atoms. The molecule has 0 aromatic heterocycles. The van der Waals surface area contributed by atoms with Crippen LogP contribution >= 0.6 is 0 Å². The zero-order chi connectivity index (χ0) is 10.7. The molecule has 1 aromatic carbocycles. The van der Waals surface area contributed by atoms with Gasteiger partial charge in [0.25, 0.3) is 0 Å². The fourth-order valence-corrected chi connectivity index (χ4v) is 2.35. The number of nitrogens with one attached hydrogen (secondary N) is 1. The first-order chi connectivity index (χ1) is 7.33. The van der Waals surface area contributed by atoms with Gasteiger partial charge in [-0.15, -0.1) is 0 Å². The number of para-hydroxylation sites is 1. The smallest absolute Gasteiger partial charge is 0.126 e. The molecule has 1 aliphatic heterocycles. The Hall–Kier alpha value is -1.02. The second-order valence-electron chi connectivity index (χ2n) is 4.20. The normalized spacial score (nSPS) is 21.3. The van der Waals surface area contributed by atoms with E-state index >= 15 is 0 Å². The molecule has 0 bridgehead atoms. The summed E-state index contributed by atoms with van der Waals surface area (Å²) in [5, 5.41) is 3.56. The standard InChI is InChI=1S/C13H19NO/c1-10-6-5-7-11(13(10)15-2)12-8-3-4-9-14-12/h5-7,12,14H,3-4,8-9H2,1-2H3/t12-/m0/s1. The maximum Gasteiger partial charge on any atom is 0.126 e. The molecule has 0 amide bonds. The Labute approximate surface area is 91.6 Å². The summed E-state index contributed by atoms with van der Waals surface area (Å²) in [6, 6.07) is 6.87. The molecule has 1 aliphatic rings. The molecular weight excluding hydrogens is 186 g/mol. The van der Waals surface area contributed by atoms with Crippen LogP contribution in [0, 0.1) is 6.92 Å². The maximum absolute atomic E-state index is 5.49. The molecule has 1 saturated heterocycles. The highest BCUT2D eigenvalue weighted by Crippen LogP contribution is 2.32. The van der Waals surface area contributed by atoms with Crippen LogP contribution in [0.3, 0.4) is 0 Å². The lowest BCUT2D eigenvalue weighted by Crippen LogP contribution is -2.27. The van der Waals surface area contributed by atoms with E-state index in [1.807, 2.05) is 0 Å². The Kier molecular flexibility index (Phi) is 3.27. The maximum atomic E-state index is 5.49. The second kappa shape index (κ2) is 4.67. The average molecular weight is 205 g/mol. The molecule has 0 aliphatic carbocycles. The predicted octanol–water partition coefficient (Wildman–Crippen LogP) is 2.82. The van der Waals surface area contributed by atoms with Crippen LogP contribution < -0.4 is 10.1 Å². The van der Waals surface area contributed by atoms with E-state index < -0.39 is 0 Å². The quantitative estimate of drug-likeness (QED) is 0.801. The third-order valence-corrected chi connectivity index (χ3v) is 3.13. The summed E-state index contributed by atoms with van der Waals surface area (Å²) in [7, 11) is 1.76. The van der Waals surface area contributed by atoms with Crippen LogP contribution in [0.4, 0.5) is 0 Å². The summed E-state index contributed by atoms with van der Waals surface area (Å²) in [6.07, 6.45) is 3.83. The first-order valence-corrected chi connectivity index (χ1v) is 5.70. The van der Waals surface area contributed by atoms with Crippen molar-refractivity contribution in [1.82, 2.24) is 5.32 Å². The highest BCUT2D eigenvalue weighted by molar-refractivity contribution is 5.42. The van der Waals surface area contributed by atoms with Crippen molar-refractivity contribution in [1.29, 1.82) is 0 Å². The first-order valence-electron chi connectivity index (χ1n) is 5.70. The van der Waals surface area contributed by atoms with Crippen molar-refractivity contribution in [2.75, 3.05) is 13.7 Å². The Bertz CT molecular complexity index is 329. The molecule has 1 aromatic rings. The summed E-state index contributed by atoms with van der Waals surface area (Å²) in [5.74, 6) is 1.05. The van der Waals surface area contributed by atoms with Gasteiger partial charge < -0.3 is 10.1 Å². The van der Waals surface area contributed by atoms with Crippen LogP contribution in [0.2, 0.25) is 0 Å². The summed E-state index contributed by atoms with van der Waals surface area (Å²) in [4.78, 5) is 0. The van der Waals surface area contributed by atoms with E-state index in [2.05, 4.69) is 30.4 Å². The number of hydrogen-bond donors (Lipinski definition) is 1. The van der Waals surface area contributed by atoms with Gasteiger partial charge in [0.05, 0.1) is 7.11 Å². The van der Waals surface area contributed by atoms with Gasteiger partial charge in [-0.2, -0.15) is 0 Å². The van der Waals surface area contributed by atoms with Crippen molar-refractivity contribution >= 4 is 0 Å². The van der Waals surface area contributed by atoms with Gasteiger partial charge in [-0.05, 0) is 31.9 Å². The van der Waals surface area contributed by atoms with E-state index in [0.29, 0.717) is 6.04 Å². The molecule has 0 unspecified atom stereocenters. The SMILES string of the molecule is COc1c(C)cccc1[C@@H]1CCCCN1. The van der Waals surface area contributed by atoms with Crippen LogP contribution in [0.1, 0.15) is 36.4 Å². The summed E-state index contributed by atoms with van der Waals surface area (Å²) in [6.45, 7) is 3.23. The Balaban J connectivity index is 2.29. The number of benzene rings is 1. The zero-order valence-electron chi connectivity index (χ0n) is 9.55. The Morgan fingerprint density at radius 3 is 2.87 bits per heavy atom. The minimum atomic E-state index is 0.480. The summed E-state index contributed by atoms with van der Waals surface area (Å²) in [5.41, 5.74) is 2.54. The molecule has 1 atom stereocenters. The van der Waals surface area contributed by atoms with Gasteiger partial charge in [0.2, 0.25) is 0 Å².